The van der Waals surface area contributed by atoms with Gasteiger partial charge in [0.25, 0.3) is 0 Å². The molecule has 0 aliphatic rings. The summed E-state index contributed by atoms with van der Waals surface area (Å²) in [5, 5.41) is 3.07. The van der Waals surface area contributed by atoms with Gasteiger partial charge in [-0.25, -0.2) is 4.79 Å². The minimum atomic E-state index is -0.479. The molecular formula is C15H13BrClNO3S. The standard InChI is InChI=1S/C15H13BrClNO3S/c1-2-21-15(20)12-11(9-6-4-3-5-7-9)13(16)22-14(12)18-10(19)8-17/h3-7H,2,8H2,1H3,(H,18,19). The van der Waals surface area contributed by atoms with E-state index in [4.69, 9.17) is 16.3 Å². The Labute approximate surface area is 145 Å². The topological polar surface area (TPSA) is 55.4 Å². The monoisotopic (exact) mass is 401 g/mol. The second-order valence-corrected chi connectivity index (χ2v) is 6.83. The van der Waals surface area contributed by atoms with Crippen molar-refractivity contribution < 1.29 is 14.3 Å². The summed E-state index contributed by atoms with van der Waals surface area (Å²) in [6.07, 6.45) is 0. The molecule has 116 valence electrons. The van der Waals surface area contributed by atoms with Crippen molar-refractivity contribution in [1.82, 2.24) is 0 Å². The Morgan fingerprint density at radius 3 is 2.59 bits per heavy atom. The Bertz CT molecular complexity index is 688. The Morgan fingerprint density at radius 2 is 2.00 bits per heavy atom. The number of alkyl halides is 1. The lowest BCUT2D eigenvalue weighted by Gasteiger charge is -2.08. The van der Waals surface area contributed by atoms with E-state index in [1.165, 1.54) is 11.3 Å². The summed E-state index contributed by atoms with van der Waals surface area (Å²) in [7, 11) is 0. The SMILES string of the molecule is CCOC(=O)c1c(NC(=O)CCl)sc(Br)c1-c1ccccc1. The number of ether oxygens (including phenoxy) is 1. The Balaban J connectivity index is 2.57. The van der Waals surface area contributed by atoms with Crippen LogP contribution in [0.1, 0.15) is 17.3 Å². The maximum atomic E-state index is 12.3. The number of rotatable bonds is 5. The van der Waals surface area contributed by atoms with Gasteiger partial charge >= 0.3 is 5.97 Å². The molecule has 22 heavy (non-hydrogen) atoms. The minimum Gasteiger partial charge on any atom is -0.462 e. The van der Waals surface area contributed by atoms with Gasteiger partial charge in [0, 0.05) is 5.56 Å². The van der Waals surface area contributed by atoms with Crippen molar-refractivity contribution >= 4 is 55.7 Å². The van der Waals surface area contributed by atoms with Crippen LogP contribution in [0.2, 0.25) is 0 Å². The molecule has 0 radical (unpaired) electrons. The summed E-state index contributed by atoms with van der Waals surface area (Å²) in [5.74, 6) is -1.04. The second kappa shape index (κ2) is 7.76. The number of hydrogen-bond donors (Lipinski definition) is 1. The molecule has 1 amide bonds. The number of halogens is 2. The molecule has 1 N–H and O–H groups in total. The molecule has 1 aromatic carbocycles. The fraction of sp³-hybridized carbons (Fsp3) is 0.200. The van der Waals surface area contributed by atoms with E-state index < -0.39 is 5.97 Å². The predicted molar refractivity (Wildman–Crippen MR) is 92.8 cm³/mol. The number of carbonyl (C=O) groups excluding carboxylic acids is 2. The van der Waals surface area contributed by atoms with E-state index in [0.717, 1.165) is 9.35 Å². The molecule has 2 aromatic rings. The third-order valence-corrected chi connectivity index (χ3v) is 4.80. The highest BCUT2D eigenvalue weighted by Gasteiger charge is 2.25. The van der Waals surface area contributed by atoms with Crippen molar-refractivity contribution in [2.24, 2.45) is 0 Å². The third-order valence-electron chi connectivity index (χ3n) is 2.78. The van der Waals surface area contributed by atoms with E-state index in [1.807, 2.05) is 30.3 Å². The third kappa shape index (κ3) is 3.69. The van der Waals surface area contributed by atoms with Gasteiger partial charge in [-0.3, -0.25) is 4.79 Å². The maximum Gasteiger partial charge on any atom is 0.341 e. The van der Waals surface area contributed by atoms with Gasteiger partial charge in [0.15, 0.2) is 0 Å². The van der Waals surface area contributed by atoms with E-state index in [-0.39, 0.29) is 18.4 Å². The highest BCUT2D eigenvalue weighted by molar-refractivity contribution is 9.11. The van der Waals surface area contributed by atoms with Gasteiger partial charge in [0.05, 0.1) is 10.4 Å². The molecule has 0 aliphatic heterocycles. The highest BCUT2D eigenvalue weighted by atomic mass is 79.9. The summed E-state index contributed by atoms with van der Waals surface area (Å²) in [5.41, 5.74) is 1.90. The first kappa shape index (κ1) is 17.0. The average Bonchev–Trinajstić information content (AvgIpc) is 2.84. The maximum absolute atomic E-state index is 12.3. The number of carbonyl (C=O) groups is 2. The number of nitrogens with one attached hydrogen (secondary N) is 1. The second-order valence-electron chi connectivity index (χ2n) is 4.22. The molecule has 0 aliphatic carbocycles. The number of amides is 1. The van der Waals surface area contributed by atoms with Crippen LogP contribution < -0.4 is 5.32 Å². The Morgan fingerprint density at radius 1 is 1.32 bits per heavy atom. The lowest BCUT2D eigenvalue weighted by atomic mass is 10.0. The minimum absolute atomic E-state index is 0.182. The van der Waals surface area contributed by atoms with Crippen LogP contribution in [-0.2, 0) is 9.53 Å². The van der Waals surface area contributed by atoms with Crippen LogP contribution >= 0.6 is 38.9 Å². The largest absolute Gasteiger partial charge is 0.462 e. The summed E-state index contributed by atoms with van der Waals surface area (Å²) < 4.78 is 5.86. The molecule has 0 saturated carbocycles. The highest BCUT2D eigenvalue weighted by Crippen LogP contribution is 2.44. The number of hydrogen-bond acceptors (Lipinski definition) is 4. The summed E-state index contributed by atoms with van der Waals surface area (Å²) in [4.78, 5) is 23.9. The van der Waals surface area contributed by atoms with Crippen LogP contribution in [0.3, 0.4) is 0 Å². The van der Waals surface area contributed by atoms with E-state index in [9.17, 15) is 9.59 Å². The molecule has 0 unspecified atom stereocenters. The van der Waals surface area contributed by atoms with E-state index in [2.05, 4.69) is 21.2 Å². The van der Waals surface area contributed by atoms with Crippen LogP contribution in [0.4, 0.5) is 5.00 Å². The van der Waals surface area contributed by atoms with E-state index in [0.29, 0.717) is 16.1 Å². The smallest absolute Gasteiger partial charge is 0.341 e. The zero-order valence-corrected chi connectivity index (χ0v) is 14.8. The zero-order chi connectivity index (χ0) is 16.1. The summed E-state index contributed by atoms with van der Waals surface area (Å²) in [6, 6.07) is 9.44. The van der Waals surface area contributed by atoms with Gasteiger partial charge in [0.2, 0.25) is 5.91 Å². The van der Waals surface area contributed by atoms with Gasteiger partial charge < -0.3 is 10.1 Å². The molecule has 4 nitrogen and oxygen atoms in total. The van der Waals surface area contributed by atoms with Crippen molar-refractivity contribution in [1.29, 1.82) is 0 Å². The van der Waals surface area contributed by atoms with Crippen LogP contribution in [-0.4, -0.2) is 24.4 Å². The Hall–Kier alpha value is -1.37. The van der Waals surface area contributed by atoms with Crippen LogP contribution in [0, 0.1) is 0 Å². The molecule has 0 bridgehead atoms. The first-order valence-corrected chi connectivity index (χ1v) is 8.63. The lowest BCUT2D eigenvalue weighted by molar-refractivity contribution is -0.113. The molecular weight excluding hydrogens is 390 g/mol. The number of thiophene rings is 1. The first-order valence-electron chi connectivity index (χ1n) is 6.49. The lowest BCUT2D eigenvalue weighted by Crippen LogP contribution is -2.15. The van der Waals surface area contributed by atoms with Crippen molar-refractivity contribution in [3.05, 3.63) is 39.7 Å². The van der Waals surface area contributed by atoms with Crippen LogP contribution in [0.25, 0.3) is 11.1 Å². The molecule has 0 atom stereocenters. The molecule has 0 fully saturated rings. The van der Waals surface area contributed by atoms with Crippen molar-refractivity contribution in [2.75, 3.05) is 17.8 Å². The Kier molecular flexibility index (Phi) is 5.99. The zero-order valence-electron chi connectivity index (χ0n) is 11.7. The molecule has 0 spiro atoms. The van der Waals surface area contributed by atoms with Crippen molar-refractivity contribution in [3.8, 4) is 11.1 Å². The predicted octanol–water partition coefficient (Wildman–Crippen LogP) is 4.53. The molecule has 7 heteroatoms. The fourth-order valence-corrected chi connectivity index (χ4v) is 3.85. The molecule has 1 aromatic heterocycles. The van der Waals surface area contributed by atoms with Crippen LogP contribution in [0.15, 0.2) is 34.1 Å². The van der Waals surface area contributed by atoms with Gasteiger partial charge in [-0.1, -0.05) is 30.3 Å². The van der Waals surface area contributed by atoms with E-state index >= 15 is 0 Å². The van der Waals surface area contributed by atoms with Gasteiger partial charge in [-0.05, 0) is 28.4 Å². The quantitative estimate of drug-likeness (QED) is 0.590. The molecule has 0 saturated heterocycles. The molecule has 1 heterocycles. The summed E-state index contributed by atoms with van der Waals surface area (Å²) in [6.45, 7) is 1.99. The first-order chi connectivity index (χ1) is 10.6. The van der Waals surface area contributed by atoms with Gasteiger partial charge in [-0.2, -0.15) is 0 Å². The normalized spacial score (nSPS) is 10.3. The summed E-state index contributed by atoms with van der Waals surface area (Å²) >= 11 is 10.2. The van der Waals surface area contributed by atoms with Crippen LogP contribution in [0.5, 0.6) is 0 Å². The fourth-order valence-electron chi connectivity index (χ4n) is 1.91. The van der Waals surface area contributed by atoms with Gasteiger partial charge in [-0.15, -0.1) is 22.9 Å². The van der Waals surface area contributed by atoms with Gasteiger partial charge in [0.1, 0.15) is 16.4 Å². The number of benzene rings is 1. The number of esters is 1. The average molecular weight is 403 g/mol. The van der Waals surface area contributed by atoms with Crippen molar-refractivity contribution in [3.63, 3.8) is 0 Å². The van der Waals surface area contributed by atoms with E-state index in [1.54, 1.807) is 6.92 Å². The number of anilines is 1. The van der Waals surface area contributed by atoms with Crippen molar-refractivity contribution in [2.45, 2.75) is 6.92 Å². The molecule has 2 rings (SSSR count).